The summed E-state index contributed by atoms with van der Waals surface area (Å²) in [5, 5.41) is 21.9. The summed E-state index contributed by atoms with van der Waals surface area (Å²) >= 11 is 0. The summed E-state index contributed by atoms with van der Waals surface area (Å²) in [6.07, 6.45) is 6.08. The fourth-order valence-electron chi connectivity index (χ4n) is 5.07. The minimum atomic E-state index is -1.01. The van der Waals surface area contributed by atoms with Crippen molar-refractivity contribution in [3.8, 4) is 5.75 Å². The summed E-state index contributed by atoms with van der Waals surface area (Å²) in [4.78, 5) is 11.1. The molecule has 2 heterocycles. The van der Waals surface area contributed by atoms with Crippen molar-refractivity contribution in [2.75, 3.05) is 19.7 Å². The van der Waals surface area contributed by atoms with Crippen molar-refractivity contribution in [2.45, 2.75) is 57.3 Å². The molecule has 0 radical (unpaired) electrons. The number of fused-ring (bicyclic) bond motifs is 2. The molecule has 1 aromatic heterocycles. The Bertz CT molecular complexity index is 1110. The lowest BCUT2D eigenvalue weighted by atomic mass is 9.88. The van der Waals surface area contributed by atoms with Gasteiger partial charge < -0.3 is 14.9 Å². The normalized spacial score (nSPS) is 19.1. The molecule has 1 fully saturated rings. The van der Waals surface area contributed by atoms with Gasteiger partial charge in [0.2, 0.25) is 0 Å². The number of aliphatic hydroxyl groups is 2. The second-order valence-electron chi connectivity index (χ2n) is 9.12. The first kappa shape index (κ1) is 21.3. The highest BCUT2D eigenvalue weighted by Crippen LogP contribution is 2.34. The maximum absolute atomic E-state index is 11.2. The molecule has 1 atom stereocenters. The van der Waals surface area contributed by atoms with Crippen LogP contribution in [0.25, 0.3) is 11.0 Å². The number of piperidine rings is 1. The minimum absolute atomic E-state index is 0.480. The van der Waals surface area contributed by atoms with Crippen LogP contribution >= 0.6 is 0 Å². The maximum atomic E-state index is 11.2. The van der Waals surface area contributed by atoms with Gasteiger partial charge in [0.1, 0.15) is 17.6 Å². The van der Waals surface area contributed by atoms with Gasteiger partial charge in [0.05, 0.1) is 29.5 Å². The summed E-state index contributed by atoms with van der Waals surface area (Å²) in [5.41, 5.74) is 5.36. The predicted molar refractivity (Wildman–Crippen MR) is 124 cm³/mol. The molecule has 0 spiro atoms. The van der Waals surface area contributed by atoms with E-state index in [0.717, 1.165) is 29.6 Å². The van der Waals surface area contributed by atoms with Crippen LogP contribution in [0.2, 0.25) is 0 Å². The van der Waals surface area contributed by atoms with E-state index < -0.39 is 11.8 Å². The highest BCUT2D eigenvalue weighted by atomic mass is 16.5. The minimum Gasteiger partial charge on any atom is -0.493 e. The van der Waals surface area contributed by atoms with Crippen LogP contribution in [-0.4, -0.2) is 51.0 Å². The van der Waals surface area contributed by atoms with Gasteiger partial charge in [0.25, 0.3) is 0 Å². The van der Waals surface area contributed by atoms with Crippen molar-refractivity contribution in [1.82, 2.24) is 14.9 Å². The van der Waals surface area contributed by atoms with E-state index in [1.54, 1.807) is 6.20 Å². The third-order valence-electron chi connectivity index (χ3n) is 7.08. The van der Waals surface area contributed by atoms with Crippen molar-refractivity contribution < 1.29 is 14.9 Å². The van der Waals surface area contributed by atoms with Gasteiger partial charge in [-0.2, -0.15) is 0 Å². The summed E-state index contributed by atoms with van der Waals surface area (Å²) < 4.78 is 6.06. The molecule has 0 amide bonds. The molecule has 1 aliphatic carbocycles. The lowest BCUT2D eigenvalue weighted by Gasteiger charge is -2.39. The maximum Gasteiger partial charge on any atom is 0.122 e. The van der Waals surface area contributed by atoms with Crippen molar-refractivity contribution in [3.63, 3.8) is 0 Å². The van der Waals surface area contributed by atoms with Crippen LogP contribution in [0.3, 0.4) is 0 Å². The second-order valence-corrected chi connectivity index (χ2v) is 9.12. The quantitative estimate of drug-likeness (QED) is 0.620. The van der Waals surface area contributed by atoms with Crippen molar-refractivity contribution >= 4 is 11.0 Å². The molecule has 2 N–H and O–H groups in total. The number of aryl methyl sites for hydroxylation is 1. The van der Waals surface area contributed by atoms with E-state index in [1.165, 1.54) is 23.1 Å². The van der Waals surface area contributed by atoms with Crippen molar-refractivity contribution in [2.24, 2.45) is 0 Å². The molecule has 1 saturated heterocycles. The number of aliphatic hydroxyl groups excluding tert-OH is 1. The zero-order valence-electron chi connectivity index (χ0n) is 18.6. The van der Waals surface area contributed by atoms with Gasteiger partial charge in [-0.05, 0) is 73.9 Å². The average Bonchev–Trinajstić information content (AvgIpc) is 3.32. The SMILES string of the molecule is Cc1ccc(OCCC(O)N2CCC(O)(c3cnc4ccccc4n3)CC2)c2c1CCC2. The van der Waals surface area contributed by atoms with Gasteiger partial charge in [0.15, 0.2) is 0 Å². The van der Waals surface area contributed by atoms with Gasteiger partial charge in [-0.3, -0.25) is 9.88 Å². The van der Waals surface area contributed by atoms with E-state index in [9.17, 15) is 10.2 Å². The fourth-order valence-corrected chi connectivity index (χ4v) is 5.07. The molecular formula is C26H31N3O3. The van der Waals surface area contributed by atoms with Gasteiger partial charge in [-0.15, -0.1) is 0 Å². The van der Waals surface area contributed by atoms with Crippen LogP contribution in [0, 0.1) is 6.92 Å². The standard InChI is InChI=1S/C26H31N3O3/c1-18-9-10-23(20-6-4-5-19(18)20)32-16-11-25(30)29-14-12-26(31,13-15-29)24-17-27-21-7-2-3-8-22(21)28-24/h2-3,7-10,17,25,30-31H,4-6,11-16H2,1H3. The van der Waals surface area contributed by atoms with E-state index in [-0.39, 0.29) is 0 Å². The van der Waals surface area contributed by atoms with E-state index >= 15 is 0 Å². The van der Waals surface area contributed by atoms with E-state index in [4.69, 9.17) is 4.74 Å². The van der Waals surface area contributed by atoms with Crippen LogP contribution in [0.4, 0.5) is 0 Å². The van der Waals surface area contributed by atoms with Crippen LogP contribution < -0.4 is 4.74 Å². The van der Waals surface area contributed by atoms with Gasteiger partial charge in [-0.25, -0.2) is 4.98 Å². The predicted octanol–water partition coefficient (Wildman–Crippen LogP) is 3.50. The highest BCUT2D eigenvalue weighted by Gasteiger charge is 2.37. The second kappa shape index (κ2) is 8.77. The molecule has 1 unspecified atom stereocenters. The third-order valence-corrected chi connectivity index (χ3v) is 7.08. The number of hydrogen-bond acceptors (Lipinski definition) is 6. The Labute approximate surface area is 188 Å². The zero-order chi connectivity index (χ0) is 22.1. The Hall–Kier alpha value is -2.54. The summed E-state index contributed by atoms with van der Waals surface area (Å²) in [5.74, 6) is 0.971. The molecule has 2 aliphatic rings. The van der Waals surface area contributed by atoms with Gasteiger partial charge in [0, 0.05) is 19.5 Å². The first-order chi connectivity index (χ1) is 15.5. The Morgan fingerprint density at radius 2 is 1.81 bits per heavy atom. The van der Waals surface area contributed by atoms with Gasteiger partial charge >= 0.3 is 0 Å². The van der Waals surface area contributed by atoms with Gasteiger partial charge in [-0.1, -0.05) is 18.2 Å². The van der Waals surface area contributed by atoms with Crippen molar-refractivity contribution in [3.05, 3.63) is 65.0 Å². The molecular weight excluding hydrogens is 402 g/mol. The van der Waals surface area contributed by atoms with Crippen LogP contribution in [0.1, 0.15) is 48.1 Å². The number of ether oxygens (including phenoxy) is 1. The number of benzene rings is 2. The fraction of sp³-hybridized carbons (Fsp3) is 0.462. The van der Waals surface area contributed by atoms with E-state index in [2.05, 4.69) is 29.0 Å². The molecule has 6 heteroatoms. The van der Waals surface area contributed by atoms with Crippen molar-refractivity contribution in [1.29, 1.82) is 0 Å². The van der Waals surface area contributed by atoms with E-state index in [1.807, 2.05) is 29.2 Å². The third kappa shape index (κ3) is 4.10. The van der Waals surface area contributed by atoms with Crippen LogP contribution in [-0.2, 0) is 18.4 Å². The molecule has 32 heavy (non-hydrogen) atoms. The molecule has 168 valence electrons. The number of hydrogen-bond donors (Lipinski definition) is 2. The zero-order valence-corrected chi connectivity index (χ0v) is 18.6. The largest absolute Gasteiger partial charge is 0.493 e. The Kier molecular flexibility index (Phi) is 5.84. The molecule has 0 saturated carbocycles. The smallest absolute Gasteiger partial charge is 0.122 e. The summed E-state index contributed by atoms with van der Waals surface area (Å²) in [6, 6.07) is 11.9. The molecule has 5 rings (SSSR count). The molecule has 1 aliphatic heterocycles. The first-order valence-corrected chi connectivity index (χ1v) is 11.6. The van der Waals surface area contributed by atoms with E-state index in [0.29, 0.717) is 44.7 Å². The monoisotopic (exact) mass is 433 g/mol. The Morgan fingerprint density at radius 1 is 1.06 bits per heavy atom. The first-order valence-electron chi connectivity index (χ1n) is 11.6. The number of aromatic nitrogens is 2. The Balaban J connectivity index is 1.16. The summed E-state index contributed by atoms with van der Waals surface area (Å²) in [6.45, 7) is 3.85. The molecule has 3 aromatic rings. The lowest BCUT2D eigenvalue weighted by Crippen LogP contribution is -2.47. The summed E-state index contributed by atoms with van der Waals surface area (Å²) in [7, 11) is 0. The number of para-hydroxylation sites is 2. The molecule has 2 aromatic carbocycles. The number of likely N-dealkylation sites (tertiary alicyclic amines) is 1. The molecule has 0 bridgehead atoms. The average molecular weight is 434 g/mol. The highest BCUT2D eigenvalue weighted by molar-refractivity contribution is 5.73. The lowest BCUT2D eigenvalue weighted by molar-refractivity contribution is -0.0836. The van der Waals surface area contributed by atoms with Crippen LogP contribution in [0.5, 0.6) is 5.75 Å². The Morgan fingerprint density at radius 3 is 2.62 bits per heavy atom. The van der Waals surface area contributed by atoms with Crippen LogP contribution in [0.15, 0.2) is 42.6 Å². The topological polar surface area (TPSA) is 78.7 Å². The number of rotatable bonds is 6. The number of nitrogens with zero attached hydrogens (tertiary/aromatic N) is 3. The molecule has 6 nitrogen and oxygen atoms in total.